The van der Waals surface area contributed by atoms with Crippen molar-refractivity contribution < 1.29 is 33.9 Å². The molecule has 356 valence electrons. The molecule has 6 aromatic heterocycles. The van der Waals surface area contributed by atoms with Gasteiger partial charge in [0.15, 0.2) is 0 Å². The molecule has 0 aliphatic rings. The number of H-pyrrole nitrogens is 6. The van der Waals surface area contributed by atoms with E-state index in [4.69, 9.17) is 5.73 Å². The number of nitrogens with one attached hydrogen (secondary N) is 11. The van der Waals surface area contributed by atoms with Gasteiger partial charge in [-0.25, -0.2) is 24.7 Å². The highest BCUT2D eigenvalue weighted by Gasteiger charge is 2.34. The standard InChI is InChI=1S/C46H50N16O7/c47-33(11-27-17-48-21-54-27)41(63)58-38(12-28-18-49-22-55-28)44(66)59-36(9-25-15-52-34-7-3-1-5-31(25)34)42(64)61-39(13-29-19-50-23-56-29)45(67)60-37(10-26-16-53-35-8-4-2-6-32(26)35)43(65)62-40(46(68)69)14-30-20-51-24-57-30/h1-8,15-24,33,36-40,52-53H,9-14,47H2,(H,48,54)(H,49,55)(H,50,56)(H,51,57)(H,58,63)(H,59,66)(H,60,67)(H,61,64)(H,62,65)(H,68,69)/t33-,36-,37-,38-,39-,40-/m0/s1. The van der Waals surface area contributed by atoms with E-state index in [-0.39, 0.29) is 38.5 Å². The van der Waals surface area contributed by atoms with Gasteiger partial charge in [0.2, 0.25) is 29.5 Å². The van der Waals surface area contributed by atoms with Crippen LogP contribution in [0.4, 0.5) is 0 Å². The number of nitrogens with zero attached hydrogens (tertiary/aromatic N) is 4. The molecule has 0 spiro atoms. The molecule has 0 fully saturated rings. The number of benzene rings is 2. The summed E-state index contributed by atoms with van der Waals surface area (Å²) in [7, 11) is 0. The summed E-state index contributed by atoms with van der Waals surface area (Å²) in [5, 5.41) is 25.4. The highest BCUT2D eigenvalue weighted by molar-refractivity contribution is 5.97. The molecule has 0 bridgehead atoms. The monoisotopic (exact) mass is 938 g/mol. The van der Waals surface area contributed by atoms with E-state index in [1.54, 1.807) is 12.4 Å². The maximum absolute atomic E-state index is 14.8. The summed E-state index contributed by atoms with van der Waals surface area (Å²) in [5.74, 6) is -5.07. The predicted octanol–water partition coefficient (Wildman–Crippen LogP) is 0.134. The molecule has 0 saturated heterocycles. The molecule has 0 radical (unpaired) electrons. The van der Waals surface area contributed by atoms with Gasteiger partial charge in [-0.1, -0.05) is 36.4 Å². The minimum atomic E-state index is -1.40. The smallest absolute Gasteiger partial charge is 0.326 e. The van der Waals surface area contributed by atoms with Gasteiger partial charge in [0.1, 0.15) is 30.2 Å². The maximum Gasteiger partial charge on any atom is 0.326 e. The Morgan fingerprint density at radius 1 is 0.449 bits per heavy atom. The van der Waals surface area contributed by atoms with Crippen molar-refractivity contribution in [2.75, 3.05) is 0 Å². The third-order valence-electron chi connectivity index (χ3n) is 11.6. The largest absolute Gasteiger partial charge is 0.480 e. The molecule has 0 aliphatic heterocycles. The van der Waals surface area contributed by atoms with Gasteiger partial charge in [-0.2, -0.15) is 0 Å². The van der Waals surface area contributed by atoms with Gasteiger partial charge in [0, 0.05) is 120 Å². The molecule has 0 aliphatic carbocycles. The molecule has 8 rings (SSSR count). The Hall–Kier alpha value is -8.86. The lowest BCUT2D eigenvalue weighted by Gasteiger charge is -2.27. The van der Waals surface area contributed by atoms with Crippen LogP contribution in [0.3, 0.4) is 0 Å². The van der Waals surface area contributed by atoms with Crippen LogP contribution in [0.25, 0.3) is 21.8 Å². The molecule has 23 nitrogen and oxygen atoms in total. The second-order valence-electron chi connectivity index (χ2n) is 16.5. The molecular formula is C46H50N16O7. The summed E-state index contributed by atoms with van der Waals surface area (Å²) < 4.78 is 0. The first-order valence-corrected chi connectivity index (χ1v) is 22.0. The summed E-state index contributed by atoms with van der Waals surface area (Å²) in [6.45, 7) is 0. The average molecular weight is 939 g/mol. The summed E-state index contributed by atoms with van der Waals surface area (Å²) in [6.07, 6.45) is 14.7. The number of imidazole rings is 4. The zero-order chi connectivity index (χ0) is 48.3. The van der Waals surface area contributed by atoms with Crippen molar-refractivity contribution >= 4 is 57.3 Å². The van der Waals surface area contributed by atoms with Crippen LogP contribution < -0.4 is 32.3 Å². The normalized spacial score (nSPS) is 14.0. The second-order valence-corrected chi connectivity index (χ2v) is 16.5. The van der Waals surface area contributed by atoms with E-state index in [9.17, 15) is 33.9 Å². The van der Waals surface area contributed by atoms with Crippen molar-refractivity contribution in [1.29, 1.82) is 0 Å². The Bertz CT molecular complexity index is 2980. The van der Waals surface area contributed by atoms with Gasteiger partial charge >= 0.3 is 5.97 Å². The minimum absolute atomic E-state index is 0.0505. The number of fused-ring (bicyclic) bond motifs is 2. The number of aromatic amines is 6. The maximum atomic E-state index is 14.8. The van der Waals surface area contributed by atoms with Crippen LogP contribution in [0, 0.1) is 0 Å². The number of hydrogen-bond donors (Lipinski definition) is 13. The van der Waals surface area contributed by atoms with E-state index in [0.717, 1.165) is 21.8 Å². The molecule has 2 aromatic carbocycles. The van der Waals surface area contributed by atoms with Gasteiger partial charge in [0.25, 0.3) is 0 Å². The quantitative estimate of drug-likeness (QED) is 0.0407. The number of amides is 5. The SMILES string of the molecule is N[C@@H](Cc1cnc[nH]1)C(=O)N[C@@H](Cc1cnc[nH]1)C(=O)N[C@@H](Cc1c[nH]c2ccccc12)C(=O)N[C@@H](Cc1cnc[nH]1)C(=O)N[C@@H](Cc1c[nH]c2ccccc12)C(=O)N[C@@H](Cc1cnc[nH]1)C(=O)O. The van der Waals surface area contributed by atoms with Crippen LogP contribution in [0.5, 0.6) is 0 Å². The molecule has 5 amide bonds. The highest BCUT2D eigenvalue weighted by Crippen LogP contribution is 2.21. The first kappa shape index (κ1) is 46.7. The van der Waals surface area contributed by atoms with E-state index < -0.39 is 71.8 Å². The summed E-state index contributed by atoms with van der Waals surface area (Å²) in [4.78, 5) is 118. The lowest BCUT2D eigenvalue weighted by Crippen LogP contribution is -2.60. The third-order valence-corrected chi connectivity index (χ3v) is 11.6. The van der Waals surface area contributed by atoms with Gasteiger partial charge in [-0.3, -0.25) is 24.0 Å². The molecule has 6 heterocycles. The number of carboxylic acid groups (broad SMARTS) is 1. The predicted molar refractivity (Wildman–Crippen MR) is 248 cm³/mol. The van der Waals surface area contributed by atoms with E-state index in [1.165, 1.54) is 50.1 Å². The van der Waals surface area contributed by atoms with Gasteiger partial charge in [0.05, 0.1) is 31.4 Å². The number of carboxylic acids is 1. The number of nitrogens with two attached hydrogens (primary N) is 1. The number of hydrogen-bond acceptors (Lipinski definition) is 11. The molecule has 6 atom stereocenters. The molecule has 0 saturated carbocycles. The van der Waals surface area contributed by atoms with E-state index in [0.29, 0.717) is 33.9 Å². The van der Waals surface area contributed by atoms with Crippen molar-refractivity contribution in [1.82, 2.24) is 76.4 Å². The Morgan fingerprint density at radius 3 is 1.16 bits per heavy atom. The van der Waals surface area contributed by atoms with Crippen LogP contribution in [0.15, 0.2) is 111 Å². The Kier molecular flexibility index (Phi) is 14.6. The van der Waals surface area contributed by atoms with E-state index in [1.807, 2.05) is 48.5 Å². The molecule has 69 heavy (non-hydrogen) atoms. The van der Waals surface area contributed by atoms with E-state index in [2.05, 4.69) is 76.4 Å². The number of aliphatic carboxylic acids is 1. The van der Waals surface area contributed by atoms with Crippen molar-refractivity contribution in [2.24, 2.45) is 5.73 Å². The van der Waals surface area contributed by atoms with Crippen molar-refractivity contribution in [3.05, 3.63) is 145 Å². The van der Waals surface area contributed by atoms with E-state index >= 15 is 0 Å². The molecule has 0 unspecified atom stereocenters. The van der Waals surface area contributed by atoms with Crippen LogP contribution in [-0.2, 0) is 67.3 Å². The first-order chi connectivity index (χ1) is 33.5. The molecule has 14 N–H and O–H groups in total. The topological polar surface area (TPSA) is 355 Å². The fourth-order valence-electron chi connectivity index (χ4n) is 8.02. The molecular weight excluding hydrogens is 889 g/mol. The third kappa shape index (κ3) is 11.9. The van der Waals surface area contributed by atoms with Gasteiger partial charge in [-0.15, -0.1) is 0 Å². The van der Waals surface area contributed by atoms with Crippen LogP contribution in [0.1, 0.15) is 33.9 Å². The van der Waals surface area contributed by atoms with Gasteiger partial charge < -0.3 is 67.3 Å². The first-order valence-electron chi connectivity index (χ1n) is 22.0. The summed E-state index contributed by atoms with van der Waals surface area (Å²) in [6, 6.07) is 6.96. The van der Waals surface area contributed by atoms with Crippen LogP contribution >= 0.6 is 0 Å². The summed E-state index contributed by atoms with van der Waals surface area (Å²) >= 11 is 0. The number of carbonyl (C=O) groups is 6. The second kappa shape index (κ2) is 21.6. The number of carbonyl (C=O) groups excluding carboxylic acids is 5. The van der Waals surface area contributed by atoms with Gasteiger partial charge in [-0.05, 0) is 23.3 Å². The van der Waals surface area contributed by atoms with Crippen LogP contribution in [0.2, 0.25) is 0 Å². The summed E-state index contributed by atoms with van der Waals surface area (Å²) in [5.41, 5.74) is 11.2. The number of para-hydroxylation sites is 2. The highest BCUT2D eigenvalue weighted by atomic mass is 16.4. The Balaban J connectivity index is 1.07. The Morgan fingerprint density at radius 2 is 0.783 bits per heavy atom. The van der Waals surface area contributed by atoms with Crippen molar-refractivity contribution in [2.45, 2.75) is 74.8 Å². The lowest BCUT2D eigenvalue weighted by molar-refractivity contribution is -0.142. The fraction of sp³-hybridized carbons (Fsp3) is 0.261. The van der Waals surface area contributed by atoms with Crippen LogP contribution in [-0.4, -0.2) is 127 Å². The Labute approximate surface area is 392 Å². The number of aromatic nitrogens is 10. The van der Waals surface area contributed by atoms with Crippen molar-refractivity contribution in [3.8, 4) is 0 Å². The average Bonchev–Trinajstić information content (AvgIpc) is 4.21. The number of rotatable bonds is 23. The molecule has 23 heteroatoms. The minimum Gasteiger partial charge on any atom is -0.480 e. The lowest BCUT2D eigenvalue weighted by atomic mass is 10.0. The molecule has 8 aromatic rings. The zero-order valence-electron chi connectivity index (χ0n) is 36.9. The van der Waals surface area contributed by atoms with Crippen molar-refractivity contribution in [3.63, 3.8) is 0 Å². The zero-order valence-corrected chi connectivity index (χ0v) is 36.9. The fourth-order valence-corrected chi connectivity index (χ4v) is 8.02.